The van der Waals surface area contributed by atoms with Crippen LogP contribution in [0.1, 0.15) is 34.0 Å². The molecule has 0 bridgehead atoms. The lowest BCUT2D eigenvalue weighted by atomic mass is 10.1. The lowest BCUT2D eigenvalue weighted by Gasteiger charge is -2.18. The van der Waals surface area contributed by atoms with E-state index in [0.717, 1.165) is 10.5 Å². The van der Waals surface area contributed by atoms with E-state index in [2.05, 4.69) is 21.2 Å². The van der Waals surface area contributed by atoms with Gasteiger partial charge in [0.25, 0.3) is 5.91 Å². The summed E-state index contributed by atoms with van der Waals surface area (Å²) >= 11 is 3.29. The fourth-order valence-electron chi connectivity index (χ4n) is 2.37. The van der Waals surface area contributed by atoms with Gasteiger partial charge < -0.3 is 20.3 Å². The largest absolute Gasteiger partial charge is 0.481 e. The molecule has 30 heavy (non-hydrogen) atoms. The summed E-state index contributed by atoms with van der Waals surface area (Å²) in [5.41, 5.74) is 1.16. The van der Waals surface area contributed by atoms with Gasteiger partial charge >= 0.3 is 17.9 Å². The minimum Gasteiger partial charge on any atom is -0.481 e. The molecule has 1 atom stereocenters. The molecule has 9 heteroatoms. The number of aliphatic carboxylic acids is 2. The van der Waals surface area contributed by atoms with Gasteiger partial charge in [-0.25, -0.2) is 9.59 Å². The second-order valence-corrected chi connectivity index (χ2v) is 6.98. The van der Waals surface area contributed by atoms with Crippen molar-refractivity contribution >= 4 is 45.8 Å². The normalized spacial score (nSPS) is 11.6. The van der Waals surface area contributed by atoms with Crippen LogP contribution in [-0.2, 0) is 19.1 Å². The van der Waals surface area contributed by atoms with Gasteiger partial charge in [-0.1, -0.05) is 40.2 Å². The number of esters is 1. The number of hydrogen-bond acceptors (Lipinski definition) is 5. The van der Waals surface area contributed by atoms with Gasteiger partial charge in [0.15, 0.2) is 0 Å². The van der Waals surface area contributed by atoms with Crippen molar-refractivity contribution in [1.82, 2.24) is 5.32 Å². The zero-order valence-corrected chi connectivity index (χ0v) is 17.2. The summed E-state index contributed by atoms with van der Waals surface area (Å²) in [6.07, 6.45) is 0.806. The smallest absolute Gasteiger partial charge is 0.339 e. The summed E-state index contributed by atoms with van der Waals surface area (Å²) in [5, 5.41) is 19.8. The molecular formula is C21H18BrNO7. The van der Waals surface area contributed by atoms with E-state index in [9.17, 15) is 19.2 Å². The minimum absolute atomic E-state index is 0.108. The third-order valence-corrected chi connectivity index (χ3v) is 4.37. The van der Waals surface area contributed by atoms with Crippen LogP contribution in [0.4, 0.5) is 0 Å². The van der Waals surface area contributed by atoms with E-state index in [1.807, 2.05) is 0 Å². The van der Waals surface area contributed by atoms with Crippen molar-refractivity contribution in [3.63, 3.8) is 0 Å². The predicted molar refractivity (Wildman–Crippen MR) is 111 cm³/mol. The number of ether oxygens (including phenoxy) is 1. The molecule has 0 spiro atoms. The van der Waals surface area contributed by atoms with Crippen LogP contribution in [0.5, 0.6) is 0 Å². The number of amides is 1. The number of carbonyl (C=O) groups excluding carboxylic acids is 2. The lowest BCUT2D eigenvalue weighted by molar-refractivity contribution is -0.137. The van der Waals surface area contributed by atoms with Crippen molar-refractivity contribution < 1.29 is 34.1 Å². The first-order chi connectivity index (χ1) is 14.3. The average molecular weight is 476 g/mol. The molecule has 0 aliphatic rings. The Morgan fingerprint density at radius 3 is 2.20 bits per heavy atom. The van der Waals surface area contributed by atoms with Crippen molar-refractivity contribution in [2.75, 3.05) is 6.54 Å². The number of carbonyl (C=O) groups is 4. The zero-order chi connectivity index (χ0) is 22.1. The van der Waals surface area contributed by atoms with Crippen LogP contribution in [0.25, 0.3) is 6.08 Å². The van der Waals surface area contributed by atoms with Crippen molar-refractivity contribution in [3.8, 4) is 0 Å². The highest BCUT2D eigenvalue weighted by atomic mass is 79.9. The topological polar surface area (TPSA) is 130 Å². The highest BCUT2D eigenvalue weighted by Gasteiger charge is 2.25. The van der Waals surface area contributed by atoms with Gasteiger partial charge in [-0.2, -0.15) is 0 Å². The molecule has 0 radical (unpaired) electrons. The van der Waals surface area contributed by atoms with Crippen LogP contribution in [0.3, 0.4) is 0 Å². The Labute approximate surface area is 180 Å². The Morgan fingerprint density at radius 2 is 1.63 bits per heavy atom. The molecule has 8 nitrogen and oxygen atoms in total. The zero-order valence-electron chi connectivity index (χ0n) is 15.6. The number of carboxylic acid groups (broad SMARTS) is 2. The van der Waals surface area contributed by atoms with E-state index in [-0.39, 0.29) is 18.5 Å². The molecule has 2 aromatic rings. The number of halogens is 1. The molecule has 1 amide bonds. The molecule has 3 N–H and O–H groups in total. The maximum absolute atomic E-state index is 12.5. The Morgan fingerprint density at radius 1 is 1.00 bits per heavy atom. The van der Waals surface area contributed by atoms with Gasteiger partial charge in [0, 0.05) is 22.7 Å². The molecule has 0 aliphatic heterocycles. The first-order valence-corrected chi connectivity index (χ1v) is 9.52. The third kappa shape index (κ3) is 7.17. The fraction of sp³-hybridized carbons (Fsp3) is 0.143. The van der Waals surface area contributed by atoms with E-state index in [4.69, 9.17) is 14.9 Å². The first kappa shape index (κ1) is 22.8. The molecule has 0 heterocycles. The quantitative estimate of drug-likeness (QED) is 0.375. The van der Waals surface area contributed by atoms with Gasteiger partial charge in [0.1, 0.15) is 0 Å². The third-order valence-electron chi connectivity index (χ3n) is 3.84. The molecule has 2 aromatic carbocycles. The molecule has 1 unspecified atom stereocenters. The Hall–Kier alpha value is -3.46. The molecule has 0 saturated heterocycles. The molecule has 156 valence electrons. The Bertz CT molecular complexity index is 952. The molecular weight excluding hydrogens is 458 g/mol. The number of benzene rings is 2. The van der Waals surface area contributed by atoms with Gasteiger partial charge in [-0.05, 0) is 35.9 Å². The second-order valence-electron chi connectivity index (χ2n) is 6.07. The van der Waals surface area contributed by atoms with Crippen LogP contribution >= 0.6 is 15.9 Å². The standard InChI is InChI=1S/C21H18BrNO7/c22-16-8-6-14(7-9-16)19(20(28)23-12-11-18(26)27)30-21(29)15-4-1-13(2-5-15)3-10-17(24)25/h1-10,19H,11-12H2,(H,23,28)(H,24,25)(H,26,27)/b10-3+. The van der Waals surface area contributed by atoms with E-state index in [1.54, 1.807) is 24.3 Å². The summed E-state index contributed by atoms with van der Waals surface area (Å²) in [4.78, 5) is 46.3. The fourth-order valence-corrected chi connectivity index (χ4v) is 2.63. The Balaban J connectivity index is 2.16. The van der Waals surface area contributed by atoms with Crippen LogP contribution in [0.2, 0.25) is 0 Å². The van der Waals surface area contributed by atoms with Crippen molar-refractivity contribution in [1.29, 1.82) is 0 Å². The second kappa shape index (κ2) is 10.9. The van der Waals surface area contributed by atoms with Crippen LogP contribution < -0.4 is 5.32 Å². The van der Waals surface area contributed by atoms with Crippen LogP contribution in [0.15, 0.2) is 59.1 Å². The van der Waals surface area contributed by atoms with E-state index < -0.39 is 29.9 Å². The average Bonchev–Trinajstić information content (AvgIpc) is 2.71. The van der Waals surface area contributed by atoms with Gasteiger partial charge in [-0.15, -0.1) is 0 Å². The van der Waals surface area contributed by atoms with E-state index in [0.29, 0.717) is 11.1 Å². The SMILES string of the molecule is O=C(O)/C=C/c1ccc(C(=O)OC(C(=O)NCCC(=O)O)c2ccc(Br)cc2)cc1. The molecule has 0 aliphatic carbocycles. The minimum atomic E-state index is -1.27. The molecule has 2 rings (SSSR count). The summed E-state index contributed by atoms with van der Waals surface area (Å²) in [5.74, 6) is -3.56. The van der Waals surface area contributed by atoms with Crippen molar-refractivity contribution in [3.05, 3.63) is 75.8 Å². The summed E-state index contributed by atoms with van der Waals surface area (Å²) < 4.78 is 6.16. The predicted octanol–water partition coefficient (Wildman–Crippen LogP) is 3.04. The molecule has 0 saturated carbocycles. The van der Waals surface area contributed by atoms with E-state index in [1.165, 1.54) is 30.3 Å². The van der Waals surface area contributed by atoms with Gasteiger partial charge in [0.2, 0.25) is 6.10 Å². The lowest BCUT2D eigenvalue weighted by Crippen LogP contribution is -2.33. The number of rotatable bonds is 9. The first-order valence-electron chi connectivity index (χ1n) is 8.73. The Kier molecular flexibility index (Phi) is 8.30. The van der Waals surface area contributed by atoms with E-state index >= 15 is 0 Å². The van der Waals surface area contributed by atoms with Crippen molar-refractivity contribution in [2.24, 2.45) is 0 Å². The number of carboxylic acids is 2. The van der Waals surface area contributed by atoms with Gasteiger partial charge in [0.05, 0.1) is 12.0 Å². The summed E-state index contributed by atoms with van der Waals surface area (Å²) in [6, 6.07) is 12.6. The summed E-state index contributed by atoms with van der Waals surface area (Å²) in [6.45, 7) is -0.108. The van der Waals surface area contributed by atoms with Crippen LogP contribution in [0, 0.1) is 0 Å². The summed E-state index contributed by atoms with van der Waals surface area (Å²) in [7, 11) is 0. The maximum atomic E-state index is 12.5. The molecule has 0 aromatic heterocycles. The highest BCUT2D eigenvalue weighted by Crippen LogP contribution is 2.22. The van der Waals surface area contributed by atoms with Crippen molar-refractivity contribution in [2.45, 2.75) is 12.5 Å². The van der Waals surface area contributed by atoms with Crippen LogP contribution in [-0.4, -0.2) is 40.6 Å². The number of nitrogens with one attached hydrogen (secondary N) is 1. The maximum Gasteiger partial charge on any atom is 0.339 e. The monoisotopic (exact) mass is 475 g/mol. The van der Waals surface area contributed by atoms with Gasteiger partial charge in [-0.3, -0.25) is 9.59 Å². The number of hydrogen-bond donors (Lipinski definition) is 3. The highest BCUT2D eigenvalue weighted by molar-refractivity contribution is 9.10. The molecule has 0 fully saturated rings.